The maximum absolute atomic E-state index is 11.3. The minimum atomic E-state index is -1.05. The molecule has 4 N–H and O–H groups in total. The largest absolute Gasteiger partial charge is 0.504 e. The number of phenols is 2. The van der Waals surface area contributed by atoms with Crippen molar-refractivity contribution in [3.63, 3.8) is 0 Å². The van der Waals surface area contributed by atoms with E-state index >= 15 is 0 Å². The van der Waals surface area contributed by atoms with E-state index in [1.54, 1.807) is 24.3 Å². The summed E-state index contributed by atoms with van der Waals surface area (Å²) in [5.41, 5.74) is 1.08. The summed E-state index contributed by atoms with van der Waals surface area (Å²) < 4.78 is 5.78. The molecule has 23 heavy (non-hydrogen) atoms. The number of ether oxygens (including phenoxy) is 1. The predicted octanol–water partition coefficient (Wildman–Crippen LogP) is 3.80. The molecule has 0 fully saturated rings. The molecule has 0 bridgehead atoms. The molecule has 0 amide bonds. The van der Waals surface area contributed by atoms with Gasteiger partial charge in [-0.3, -0.25) is 0 Å². The van der Waals surface area contributed by atoms with Crippen LogP contribution in [0, 0.1) is 0 Å². The first-order chi connectivity index (χ1) is 11.0. The molecule has 6 heteroatoms. The highest BCUT2D eigenvalue weighted by Crippen LogP contribution is 2.46. The molecular weight excluding hydrogens is 298 g/mol. The number of rotatable bonds is 1. The normalized spacial score (nSPS) is 12.0. The zero-order valence-electron chi connectivity index (χ0n) is 11.7. The molecule has 0 radical (unpaired) electrons. The Balaban J connectivity index is 1.90. The van der Waals surface area contributed by atoms with Gasteiger partial charge in [0, 0.05) is 0 Å². The van der Waals surface area contributed by atoms with Gasteiger partial charge in [0.25, 0.3) is 0 Å². The third-order valence-corrected chi connectivity index (χ3v) is 3.77. The second-order valence-electron chi connectivity index (χ2n) is 5.25. The van der Waals surface area contributed by atoms with Gasteiger partial charge in [-0.05, 0) is 47.2 Å². The minimum absolute atomic E-state index is 0.113. The van der Waals surface area contributed by atoms with Gasteiger partial charge < -0.3 is 25.4 Å². The van der Waals surface area contributed by atoms with E-state index in [4.69, 9.17) is 4.74 Å². The van der Waals surface area contributed by atoms with Crippen LogP contribution in [-0.4, -0.2) is 21.3 Å². The van der Waals surface area contributed by atoms with Crippen LogP contribution in [0.2, 0.25) is 0 Å². The zero-order chi connectivity index (χ0) is 16.1. The van der Waals surface area contributed by atoms with Crippen LogP contribution >= 0.6 is 0 Å². The average Bonchev–Trinajstić information content (AvgIpc) is 2.51. The van der Waals surface area contributed by atoms with Gasteiger partial charge in [-0.25, -0.2) is 4.79 Å². The van der Waals surface area contributed by atoms with Crippen molar-refractivity contribution >= 4 is 28.1 Å². The molecule has 1 aliphatic rings. The van der Waals surface area contributed by atoms with Gasteiger partial charge in [0.05, 0.1) is 16.9 Å². The van der Waals surface area contributed by atoms with Gasteiger partial charge in [-0.15, -0.1) is 0 Å². The number of benzene rings is 3. The van der Waals surface area contributed by atoms with Crippen molar-refractivity contribution in [3.05, 3.63) is 48.0 Å². The summed E-state index contributed by atoms with van der Waals surface area (Å²) in [7, 11) is 0. The number of para-hydroxylation sites is 1. The van der Waals surface area contributed by atoms with Crippen molar-refractivity contribution in [2.45, 2.75) is 0 Å². The Morgan fingerprint density at radius 1 is 0.957 bits per heavy atom. The smallest absolute Gasteiger partial charge is 0.337 e. The third-order valence-electron chi connectivity index (χ3n) is 3.77. The molecule has 0 unspecified atom stereocenters. The van der Waals surface area contributed by atoms with Gasteiger partial charge in [0.15, 0.2) is 23.0 Å². The lowest BCUT2D eigenvalue weighted by Gasteiger charge is -2.23. The molecule has 0 spiro atoms. The number of fused-ring (bicyclic) bond motifs is 3. The van der Waals surface area contributed by atoms with E-state index < -0.39 is 5.97 Å². The van der Waals surface area contributed by atoms with Crippen LogP contribution < -0.4 is 10.1 Å². The van der Waals surface area contributed by atoms with Crippen molar-refractivity contribution in [1.82, 2.24) is 0 Å². The number of carboxylic acids is 1. The van der Waals surface area contributed by atoms with E-state index in [1.807, 2.05) is 0 Å². The summed E-state index contributed by atoms with van der Waals surface area (Å²) >= 11 is 0. The van der Waals surface area contributed by atoms with Crippen molar-refractivity contribution in [1.29, 1.82) is 0 Å². The van der Waals surface area contributed by atoms with Crippen molar-refractivity contribution < 1.29 is 24.9 Å². The summed E-state index contributed by atoms with van der Waals surface area (Å²) in [5, 5.41) is 32.9. The van der Waals surface area contributed by atoms with Gasteiger partial charge >= 0.3 is 5.97 Å². The molecule has 0 saturated carbocycles. The fraction of sp³-hybridized carbons (Fsp3) is 0. The summed E-state index contributed by atoms with van der Waals surface area (Å²) in [5.74, 6) is -0.558. The summed E-state index contributed by atoms with van der Waals surface area (Å²) in [4.78, 5) is 11.3. The maximum atomic E-state index is 11.3. The lowest BCUT2D eigenvalue weighted by molar-refractivity contribution is 0.0697. The number of aromatic carboxylic acids is 1. The Labute approximate surface area is 130 Å². The van der Waals surface area contributed by atoms with Crippen LogP contribution in [0.25, 0.3) is 10.8 Å². The average molecular weight is 309 g/mol. The topological polar surface area (TPSA) is 99.0 Å². The minimum Gasteiger partial charge on any atom is -0.504 e. The first-order valence-electron chi connectivity index (χ1n) is 6.84. The van der Waals surface area contributed by atoms with Crippen LogP contribution in [-0.2, 0) is 0 Å². The second-order valence-corrected chi connectivity index (χ2v) is 5.25. The third kappa shape index (κ3) is 2.00. The quantitative estimate of drug-likeness (QED) is 0.399. The first-order valence-corrected chi connectivity index (χ1v) is 6.84. The van der Waals surface area contributed by atoms with E-state index in [0.717, 1.165) is 0 Å². The summed E-state index contributed by atoms with van der Waals surface area (Å²) in [6, 6.07) is 11.1. The number of carbonyl (C=O) groups is 1. The molecule has 0 atom stereocenters. The maximum Gasteiger partial charge on any atom is 0.337 e. The number of hydrogen-bond acceptors (Lipinski definition) is 5. The first kappa shape index (κ1) is 13.3. The number of carboxylic acid groups (broad SMARTS) is 1. The van der Waals surface area contributed by atoms with Gasteiger partial charge in [-0.2, -0.15) is 0 Å². The number of phenolic OH excluding ortho intramolecular Hbond substituents is 2. The molecule has 1 aliphatic heterocycles. The Bertz CT molecular complexity index is 980. The highest BCUT2D eigenvalue weighted by molar-refractivity contribution is 6.00. The standard InChI is InChI=1S/C17H11NO5/c19-12-5-8-4-11-15(7-9(8)6-13(12)20)23-14-3-1-2-10(17(21)22)16(14)18-11/h1-7,18-20H,(H,21,22). The van der Waals surface area contributed by atoms with Crippen molar-refractivity contribution in [2.75, 3.05) is 5.32 Å². The van der Waals surface area contributed by atoms with E-state index in [0.29, 0.717) is 33.6 Å². The summed E-state index contributed by atoms with van der Waals surface area (Å²) in [6.45, 7) is 0. The molecule has 0 aliphatic carbocycles. The van der Waals surface area contributed by atoms with Gasteiger partial charge in [-0.1, -0.05) is 6.07 Å². The van der Waals surface area contributed by atoms with Gasteiger partial charge in [0.2, 0.25) is 0 Å². The van der Waals surface area contributed by atoms with Crippen LogP contribution in [0.15, 0.2) is 42.5 Å². The van der Waals surface area contributed by atoms with E-state index in [-0.39, 0.29) is 17.1 Å². The van der Waals surface area contributed by atoms with E-state index in [2.05, 4.69) is 5.32 Å². The van der Waals surface area contributed by atoms with Gasteiger partial charge in [0.1, 0.15) is 0 Å². The number of nitrogens with one attached hydrogen (secondary N) is 1. The van der Waals surface area contributed by atoms with Crippen molar-refractivity contribution in [2.24, 2.45) is 0 Å². The Morgan fingerprint density at radius 3 is 2.35 bits per heavy atom. The van der Waals surface area contributed by atoms with Crippen LogP contribution in [0.5, 0.6) is 23.0 Å². The predicted molar refractivity (Wildman–Crippen MR) is 84.0 cm³/mol. The highest BCUT2D eigenvalue weighted by Gasteiger charge is 2.22. The Kier molecular flexibility index (Phi) is 2.62. The lowest BCUT2D eigenvalue weighted by atomic mass is 10.1. The molecular formula is C17H11NO5. The lowest BCUT2D eigenvalue weighted by Crippen LogP contribution is -2.08. The monoisotopic (exact) mass is 309 g/mol. The molecule has 3 aromatic rings. The number of aromatic hydroxyl groups is 2. The molecule has 114 valence electrons. The molecule has 0 saturated heterocycles. The SMILES string of the molecule is O=C(O)c1cccc2c1Nc1cc3cc(O)c(O)cc3cc1O2. The molecule has 0 aromatic heterocycles. The fourth-order valence-corrected chi connectivity index (χ4v) is 2.66. The van der Waals surface area contributed by atoms with Crippen LogP contribution in [0.1, 0.15) is 10.4 Å². The zero-order valence-corrected chi connectivity index (χ0v) is 11.7. The van der Waals surface area contributed by atoms with Crippen molar-refractivity contribution in [3.8, 4) is 23.0 Å². The Hall–Kier alpha value is -3.41. The van der Waals surface area contributed by atoms with E-state index in [9.17, 15) is 20.1 Å². The highest BCUT2D eigenvalue weighted by atomic mass is 16.5. The van der Waals surface area contributed by atoms with E-state index in [1.165, 1.54) is 18.2 Å². The second kappa shape index (κ2) is 4.54. The fourth-order valence-electron chi connectivity index (χ4n) is 2.66. The van der Waals surface area contributed by atoms with Crippen LogP contribution in [0.4, 0.5) is 11.4 Å². The molecule has 4 rings (SSSR count). The number of anilines is 2. The molecule has 3 aromatic carbocycles. The molecule has 6 nitrogen and oxygen atoms in total. The van der Waals surface area contributed by atoms with Crippen LogP contribution in [0.3, 0.4) is 0 Å². The summed E-state index contributed by atoms with van der Waals surface area (Å²) in [6.07, 6.45) is 0. The number of hydrogen-bond donors (Lipinski definition) is 4. The molecule has 1 heterocycles. The Morgan fingerprint density at radius 2 is 1.65 bits per heavy atom.